The first-order valence-corrected chi connectivity index (χ1v) is 10.7. The summed E-state index contributed by atoms with van der Waals surface area (Å²) in [6.45, 7) is 1.76. The van der Waals surface area contributed by atoms with Crippen LogP contribution in [0.25, 0.3) is 6.08 Å². The van der Waals surface area contributed by atoms with Crippen molar-refractivity contribution in [2.45, 2.75) is 13.0 Å². The van der Waals surface area contributed by atoms with Crippen LogP contribution in [0.5, 0.6) is 11.5 Å². The SMILES string of the molecule is COC(=O)C1=C(C)N=c2s/c(=C/c3ccc(OC)cc3OC)c(=O)n2C1c1ccccc1. The first-order valence-electron chi connectivity index (χ1n) is 9.86. The largest absolute Gasteiger partial charge is 0.497 e. The first kappa shape index (κ1) is 21.6. The van der Waals surface area contributed by atoms with Crippen molar-refractivity contribution in [3.63, 3.8) is 0 Å². The third-order valence-corrected chi connectivity index (χ3v) is 6.25. The number of carbonyl (C=O) groups is 1. The first-order chi connectivity index (χ1) is 15.5. The highest BCUT2D eigenvalue weighted by molar-refractivity contribution is 7.07. The van der Waals surface area contributed by atoms with Crippen molar-refractivity contribution < 1.29 is 19.0 Å². The van der Waals surface area contributed by atoms with Gasteiger partial charge in [-0.1, -0.05) is 41.7 Å². The van der Waals surface area contributed by atoms with Crippen molar-refractivity contribution in [3.05, 3.63) is 90.6 Å². The minimum atomic E-state index is -0.625. The second kappa shape index (κ2) is 8.84. The van der Waals surface area contributed by atoms with Gasteiger partial charge in [-0.15, -0.1) is 0 Å². The summed E-state index contributed by atoms with van der Waals surface area (Å²) in [5.74, 6) is 0.732. The van der Waals surface area contributed by atoms with Crippen LogP contribution >= 0.6 is 11.3 Å². The molecule has 3 aromatic rings. The zero-order valence-corrected chi connectivity index (χ0v) is 18.9. The van der Waals surface area contributed by atoms with Crippen molar-refractivity contribution in [3.8, 4) is 11.5 Å². The van der Waals surface area contributed by atoms with Crippen LogP contribution in [0, 0.1) is 0 Å². The molecule has 0 amide bonds. The summed E-state index contributed by atoms with van der Waals surface area (Å²) in [5, 5.41) is 0. The summed E-state index contributed by atoms with van der Waals surface area (Å²) in [5.41, 5.74) is 2.17. The molecule has 0 aliphatic carbocycles. The summed E-state index contributed by atoms with van der Waals surface area (Å²) in [6, 6.07) is 14.2. The van der Waals surface area contributed by atoms with E-state index in [9.17, 15) is 9.59 Å². The van der Waals surface area contributed by atoms with Crippen molar-refractivity contribution in [1.29, 1.82) is 0 Å². The Hall–Kier alpha value is -3.65. The molecule has 2 heterocycles. The van der Waals surface area contributed by atoms with Gasteiger partial charge in [0.1, 0.15) is 11.5 Å². The smallest absolute Gasteiger partial charge is 0.338 e. The van der Waals surface area contributed by atoms with Gasteiger partial charge < -0.3 is 14.2 Å². The highest BCUT2D eigenvalue weighted by Gasteiger charge is 2.32. The van der Waals surface area contributed by atoms with Gasteiger partial charge in [-0.25, -0.2) is 9.79 Å². The van der Waals surface area contributed by atoms with Gasteiger partial charge in [-0.2, -0.15) is 0 Å². The van der Waals surface area contributed by atoms with E-state index in [1.54, 1.807) is 43.9 Å². The normalized spacial score (nSPS) is 15.8. The number of nitrogens with zero attached hydrogens (tertiary/aromatic N) is 2. The van der Waals surface area contributed by atoms with Crippen molar-refractivity contribution in [2.75, 3.05) is 21.3 Å². The number of fused-ring (bicyclic) bond motifs is 1. The molecule has 0 saturated heterocycles. The molecule has 4 rings (SSSR count). The molecule has 1 aliphatic rings. The fourth-order valence-electron chi connectivity index (χ4n) is 3.72. The number of carbonyl (C=O) groups excluding carboxylic acids is 1. The van der Waals surface area contributed by atoms with E-state index in [2.05, 4.69) is 4.99 Å². The standard InChI is InChI=1S/C24H22N2O5S/c1-14-20(23(28)31-4)21(15-8-6-5-7-9-15)26-22(27)19(32-24(26)25-14)12-16-10-11-17(29-2)13-18(16)30-3/h5-13,21H,1-4H3/b19-12+. The summed E-state index contributed by atoms with van der Waals surface area (Å²) in [7, 11) is 4.47. The Morgan fingerprint density at radius 3 is 2.50 bits per heavy atom. The lowest BCUT2D eigenvalue weighted by Crippen LogP contribution is -2.39. The molecule has 1 aromatic heterocycles. The van der Waals surface area contributed by atoms with Gasteiger partial charge in [-0.05, 0) is 30.7 Å². The monoisotopic (exact) mass is 450 g/mol. The van der Waals surface area contributed by atoms with E-state index in [4.69, 9.17) is 14.2 Å². The average molecular weight is 451 g/mol. The Labute approximate surface area is 188 Å². The fourth-order valence-corrected chi connectivity index (χ4v) is 4.76. The lowest BCUT2D eigenvalue weighted by atomic mass is 9.96. The molecular weight excluding hydrogens is 428 g/mol. The van der Waals surface area contributed by atoms with Crippen LogP contribution in [0.3, 0.4) is 0 Å². The number of allylic oxidation sites excluding steroid dienone is 1. The zero-order valence-electron chi connectivity index (χ0n) is 18.1. The topological polar surface area (TPSA) is 79.1 Å². The van der Waals surface area contributed by atoms with Crippen LogP contribution in [0.1, 0.15) is 24.1 Å². The molecule has 1 aliphatic heterocycles. The second-order valence-electron chi connectivity index (χ2n) is 7.09. The van der Waals surface area contributed by atoms with E-state index in [-0.39, 0.29) is 5.56 Å². The van der Waals surface area contributed by atoms with Gasteiger partial charge in [0.25, 0.3) is 5.56 Å². The molecule has 32 heavy (non-hydrogen) atoms. The van der Waals surface area contributed by atoms with Crippen molar-refractivity contribution in [2.24, 2.45) is 4.99 Å². The quantitative estimate of drug-likeness (QED) is 0.558. The molecule has 0 saturated carbocycles. The maximum Gasteiger partial charge on any atom is 0.338 e. The molecule has 0 radical (unpaired) electrons. The fraction of sp³-hybridized carbons (Fsp3) is 0.208. The molecule has 7 nitrogen and oxygen atoms in total. The van der Waals surface area contributed by atoms with Gasteiger partial charge in [0, 0.05) is 11.6 Å². The van der Waals surface area contributed by atoms with Gasteiger partial charge in [0.05, 0.1) is 43.2 Å². The number of hydrogen-bond donors (Lipinski definition) is 0. The summed E-state index contributed by atoms with van der Waals surface area (Å²) < 4.78 is 17.8. The molecule has 0 fully saturated rings. The molecule has 164 valence electrons. The second-order valence-corrected chi connectivity index (χ2v) is 8.10. The molecule has 1 atom stereocenters. The van der Waals surface area contributed by atoms with Crippen LogP contribution in [0.2, 0.25) is 0 Å². The van der Waals surface area contributed by atoms with Gasteiger partial charge in [0.15, 0.2) is 4.80 Å². The average Bonchev–Trinajstić information content (AvgIpc) is 3.12. The Kier molecular flexibility index (Phi) is 5.96. The van der Waals surface area contributed by atoms with Crippen LogP contribution < -0.4 is 24.4 Å². The van der Waals surface area contributed by atoms with E-state index < -0.39 is 12.0 Å². The number of hydrogen-bond acceptors (Lipinski definition) is 7. The minimum absolute atomic E-state index is 0.241. The van der Waals surface area contributed by atoms with Crippen LogP contribution in [0.15, 0.2) is 69.6 Å². The van der Waals surface area contributed by atoms with Crippen LogP contribution in [-0.4, -0.2) is 31.9 Å². The molecule has 8 heteroatoms. The predicted octanol–water partition coefficient (Wildman–Crippen LogP) is 2.43. The lowest BCUT2D eigenvalue weighted by Gasteiger charge is -2.24. The third kappa shape index (κ3) is 3.73. The van der Waals surface area contributed by atoms with Gasteiger partial charge in [-0.3, -0.25) is 9.36 Å². The Balaban J connectivity index is 1.96. The number of esters is 1. The molecule has 1 unspecified atom stereocenters. The number of methoxy groups -OCH3 is 3. The van der Waals surface area contributed by atoms with Gasteiger partial charge in [0.2, 0.25) is 0 Å². The third-order valence-electron chi connectivity index (χ3n) is 5.27. The molecule has 0 spiro atoms. The van der Waals surface area contributed by atoms with Crippen LogP contribution in [0.4, 0.5) is 0 Å². The number of aromatic nitrogens is 1. The van der Waals surface area contributed by atoms with E-state index in [1.165, 1.54) is 18.4 Å². The van der Waals surface area contributed by atoms with E-state index >= 15 is 0 Å². The summed E-state index contributed by atoms with van der Waals surface area (Å²) >= 11 is 1.26. The van der Waals surface area contributed by atoms with E-state index in [0.29, 0.717) is 32.1 Å². The predicted molar refractivity (Wildman–Crippen MR) is 122 cm³/mol. The summed E-state index contributed by atoms with van der Waals surface area (Å²) in [4.78, 5) is 31.2. The van der Waals surface area contributed by atoms with Crippen molar-refractivity contribution in [1.82, 2.24) is 4.57 Å². The molecule has 2 aromatic carbocycles. The molecule has 0 bridgehead atoms. The minimum Gasteiger partial charge on any atom is -0.497 e. The Morgan fingerprint density at radius 1 is 1.09 bits per heavy atom. The molecular formula is C24H22N2O5S. The number of rotatable bonds is 5. The highest BCUT2D eigenvalue weighted by Crippen LogP contribution is 2.30. The van der Waals surface area contributed by atoms with E-state index in [1.807, 2.05) is 36.4 Å². The molecule has 0 N–H and O–H groups in total. The van der Waals surface area contributed by atoms with E-state index in [0.717, 1.165) is 11.1 Å². The number of thiazole rings is 1. The van der Waals surface area contributed by atoms with Crippen molar-refractivity contribution >= 4 is 23.4 Å². The maximum atomic E-state index is 13.5. The van der Waals surface area contributed by atoms with Crippen LogP contribution in [-0.2, 0) is 9.53 Å². The lowest BCUT2D eigenvalue weighted by molar-refractivity contribution is -0.136. The Bertz CT molecular complexity index is 1390. The Morgan fingerprint density at radius 2 is 1.84 bits per heavy atom. The highest BCUT2D eigenvalue weighted by atomic mass is 32.1. The number of ether oxygens (including phenoxy) is 3. The number of benzene rings is 2. The van der Waals surface area contributed by atoms with Gasteiger partial charge >= 0.3 is 5.97 Å². The maximum absolute atomic E-state index is 13.5. The zero-order chi connectivity index (χ0) is 22.8. The summed E-state index contributed by atoms with van der Waals surface area (Å²) in [6.07, 6.45) is 1.77.